The van der Waals surface area contributed by atoms with Crippen molar-refractivity contribution in [3.05, 3.63) is 18.1 Å². The monoisotopic (exact) mass is 252 g/mol. The number of esters is 1. The van der Waals surface area contributed by atoms with Gasteiger partial charge < -0.3 is 9.64 Å². The van der Waals surface area contributed by atoms with E-state index in [9.17, 15) is 4.79 Å². The molecule has 0 aliphatic heterocycles. The van der Waals surface area contributed by atoms with Crippen LogP contribution in [0.15, 0.2) is 12.4 Å². The lowest BCUT2D eigenvalue weighted by Crippen LogP contribution is -2.16. The van der Waals surface area contributed by atoms with Crippen LogP contribution in [0, 0.1) is 0 Å². The molecule has 1 aromatic rings. The second-order valence-electron chi connectivity index (χ2n) is 4.44. The average Bonchev–Trinajstić information content (AvgIpc) is 2.75. The van der Waals surface area contributed by atoms with E-state index in [0.29, 0.717) is 12.3 Å². The average molecular weight is 252 g/mol. The highest BCUT2D eigenvalue weighted by Crippen LogP contribution is 2.13. The first-order valence-electron chi connectivity index (χ1n) is 5.93. The van der Waals surface area contributed by atoms with Gasteiger partial charge in [0.1, 0.15) is 0 Å². The maximum Gasteiger partial charge on any atom is 0.358 e. The Morgan fingerprint density at radius 3 is 2.67 bits per heavy atom. The van der Waals surface area contributed by atoms with E-state index < -0.39 is 5.97 Å². The molecule has 0 fully saturated rings. The van der Waals surface area contributed by atoms with Crippen LogP contribution in [0.1, 0.15) is 32.4 Å². The minimum atomic E-state index is -0.411. The highest BCUT2D eigenvalue weighted by Gasteiger charge is 2.16. The van der Waals surface area contributed by atoms with Crippen LogP contribution in [0.4, 0.5) is 0 Å². The number of hydrogen-bond donors (Lipinski definition) is 0. The third-order valence-electron chi connectivity index (χ3n) is 2.21. The summed E-state index contributed by atoms with van der Waals surface area (Å²) < 4.78 is 6.46. The van der Waals surface area contributed by atoms with Gasteiger partial charge in [0.05, 0.1) is 18.5 Å². The molecule has 0 aromatic carbocycles. The van der Waals surface area contributed by atoms with E-state index in [4.69, 9.17) is 4.74 Å². The second kappa shape index (κ2) is 6.18. The fourth-order valence-corrected chi connectivity index (χ4v) is 1.31. The van der Waals surface area contributed by atoms with Crippen molar-refractivity contribution in [2.75, 3.05) is 20.7 Å². The molecule has 0 atom stereocenters. The van der Waals surface area contributed by atoms with Gasteiger partial charge in [-0.1, -0.05) is 19.1 Å². The predicted octanol–water partition coefficient (Wildman–Crippen LogP) is 1.32. The van der Waals surface area contributed by atoms with Crippen LogP contribution >= 0.6 is 0 Å². The maximum absolute atomic E-state index is 11.9. The lowest BCUT2D eigenvalue weighted by molar-refractivity contribution is -0.136. The summed E-state index contributed by atoms with van der Waals surface area (Å²) in [6.07, 6.45) is 3.41. The van der Waals surface area contributed by atoms with Gasteiger partial charge in [-0.2, -0.15) is 0 Å². The normalized spacial score (nSPS) is 11.8. The molecule has 0 saturated carbocycles. The van der Waals surface area contributed by atoms with Crippen molar-refractivity contribution in [3.63, 3.8) is 0 Å². The van der Waals surface area contributed by atoms with Gasteiger partial charge in [0.15, 0.2) is 5.70 Å². The zero-order valence-electron chi connectivity index (χ0n) is 11.5. The largest absolute Gasteiger partial charge is 0.461 e. The molecule has 0 radical (unpaired) electrons. The number of ether oxygens (including phenoxy) is 1. The quantitative estimate of drug-likeness (QED) is 0.584. The van der Waals surface area contributed by atoms with Crippen LogP contribution in [-0.2, 0) is 9.53 Å². The van der Waals surface area contributed by atoms with E-state index in [1.807, 2.05) is 27.9 Å². The first-order valence-corrected chi connectivity index (χ1v) is 5.93. The first-order chi connectivity index (χ1) is 8.45. The molecule has 0 aliphatic rings. The summed E-state index contributed by atoms with van der Waals surface area (Å²) in [6, 6.07) is 0. The van der Waals surface area contributed by atoms with E-state index in [-0.39, 0.29) is 5.92 Å². The molecule has 6 nitrogen and oxygen atoms in total. The highest BCUT2D eigenvalue weighted by atomic mass is 16.5. The van der Waals surface area contributed by atoms with Gasteiger partial charge in [0.2, 0.25) is 0 Å². The van der Waals surface area contributed by atoms with Crippen molar-refractivity contribution in [2.24, 2.45) is 0 Å². The van der Waals surface area contributed by atoms with Gasteiger partial charge in [0.25, 0.3) is 0 Å². The molecule has 1 rings (SSSR count). The zero-order valence-corrected chi connectivity index (χ0v) is 11.5. The Morgan fingerprint density at radius 1 is 1.56 bits per heavy atom. The molecule has 0 saturated heterocycles. The Kier molecular flexibility index (Phi) is 4.88. The summed E-state index contributed by atoms with van der Waals surface area (Å²) in [6.45, 7) is 6.14. The van der Waals surface area contributed by atoms with E-state index in [2.05, 4.69) is 10.3 Å². The molecular weight excluding hydrogens is 232 g/mol. The molecule has 0 bridgehead atoms. The van der Waals surface area contributed by atoms with Gasteiger partial charge in [-0.15, -0.1) is 5.10 Å². The van der Waals surface area contributed by atoms with Crippen molar-refractivity contribution in [1.29, 1.82) is 0 Å². The number of carbonyl (C=O) groups is 1. The summed E-state index contributed by atoms with van der Waals surface area (Å²) in [4.78, 5) is 13.6. The van der Waals surface area contributed by atoms with Gasteiger partial charge in [-0.25, -0.2) is 9.48 Å². The smallest absolute Gasteiger partial charge is 0.358 e. The van der Waals surface area contributed by atoms with Crippen LogP contribution in [-0.4, -0.2) is 46.6 Å². The minimum Gasteiger partial charge on any atom is -0.461 e. The number of aromatic nitrogens is 3. The summed E-state index contributed by atoms with van der Waals surface area (Å²) in [5.74, 6) is -0.145. The molecule has 100 valence electrons. The van der Waals surface area contributed by atoms with Crippen LogP contribution in [0.25, 0.3) is 5.70 Å². The Hall–Kier alpha value is -1.85. The van der Waals surface area contributed by atoms with Crippen molar-refractivity contribution in [3.8, 4) is 0 Å². The standard InChI is InChI=1S/C12H20N4O2/c1-6-18-12(17)11(8-15(4)5)16-7-10(9(2)3)13-14-16/h7-9H,6H2,1-5H3/b11-8+. The third-order valence-corrected chi connectivity index (χ3v) is 2.21. The minimum absolute atomic E-state index is 0.265. The topological polar surface area (TPSA) is 60.2 Å². The molecule has 18 heavy (non-hydrogen) atoms. The summed E-state index contributed by atoms with van der Waals surface area (Å²) in [7, 11) is 3.67. The van der Waals surface area contributed by atoms with Crippen LogP contribution in [0.5, 0.6) is 0 Å². The van der Waals surface area contributed by atoms with Crippen molar-refractivity contribution < 1.29 is 9.53 Å². The molecule has 6 heteroatoms. The Labute approximate surface area is 107 Å². The summed E-state index contributed by atoms with van der Waals surface area (Å²) >= 11 is 0. The first kappa shape index (κ1) is 14.2. The lowest BCUT2D eigenvalue weighted by Gasteiger charge is -2.10. The predicted molar refractivity (Wildman–Crippen MR) is 68.7 cm³/mol. The molecule has 0 unspecified atom stereocenters. The van der Waals surface area contributed by atoms with E-state index in [1.165, 1.54) is 4.68 Å². The van der Waals surface area contributed by atoms with Crippen molar-refractivity contribution in [2.45, 2.75) is 26.7 Å². The molecule has 1 heterocycles. The van der Waals surface area contributed by atoms with E-state index >= 15 is 0 Å². The lowest BCUT2D eigenvalue weighted by atomic mass is 10.2. The van der Waals surface area contributed by atoms with Gasteiger partial charge in [-0.05, 0) is 12.8 Å². The van der Waals surface area contributed by atoms with Gasteiger partial charge in [0, 0.05) is 20.3 Å². The SMILES string of the molecule is CCOC(=O)/C(=C\N(C)C)n1cc(C(C)C)nn1. The second-order valence-corrected chi connectivity index (χ2v) is 4.44. The van der Waals surface area contributed by atoms with Crippen LogP contribution < -0.4 is 0 Å². The van der Waals surface area contributed by atoms with Crippen molar-refractivity contribution in [1.82, 2.24) is 19.9 Å². The molecule has 0 amide bonds. The molecule has 1 aromatic heterocycles. The maximum atomic E-state index is 11.9. The Bertz CT molecular complexity index is 435. The van der Waals surface area contributed by atoms with Gasteiger partial charge >= 0.3 is 5.97 Å². The van der Waals surface area contributed by atoms with Crippen LogP contribution in [0.3, 0.4) is 0 Å². The van der Waals surface area contributed by atoms with Crippen molar-refractivity contribution >= 4 is 11.7 Å². The summed E-state index contributed by atoms with van der Waals surface area (Å²) in [5, 5.41) is 8.00. The van der Waals surface area contributed by atoms with Gasteiger partial charge in [-0.3, -0.25) is 0 Å². The van der Waals surface area contributed by atoms with E-state index in [1.54, 1.807) is 24.2 Å². The van der Waals surface area contributed by atoms with E-state index in [0.717, 1.165) is 5.69 Å². The molecule has 0 spiro atoms. The molecule has 0 N–H and O–H groups in total. The molecule has 0 aliphatic carbocycles. The number of carbonyl (C=O) groups excluding carboxylic acids is 1. The van der Waals surface area contributed by atoms with Crippen LogP contribution in [0.2, 0.25) is 0 Å². The molecular formula is C12H20N4O2. The Morgan fingerprint density at radius 2 is 2.22 bits per heavy atom. The fraction of sp³-hybridized carbons (Fsp3) is 0.583. The number of hydrogen-bond acceptors (Lipinski definition) is 5. The summed E-state index contributed by atoms with van der Waals surface area (Å²) in [5.41, 5.74) is 1.19. The Balaban J connectivity index is 3.06. The fourth-order valence-electron chi connectivity index (χ4n) is 1.31. The zero-order chi connectivity index (χ0) is 13.7. The third kappa shape index (κ3) is 3.58. The number of rotatable bonds is 5. The highest BCUT2D eigenvalue weighted by molar-refractivity contribution is 6.09. The number of nitrogens with zero attached hydrogens (tertiary/aromatic N) is 4.